The van der Waals surface area contributed by atoms with Crippen molar-refractivity contribution in [2.45, 2.75) is 19.4 Å². The van der Waals surface area contributed by atoms with Crippen LogP contribution in [0.3, 0.4) is 0 Å². The second-order valence-corrected chi connectivity index (χ2v) is 7.41. The Morgan fingerprint density at radius 2 is 1.83 bits per heavy atom. The molecule has 0 radical (unpaired) electrons. The zero-order chi connectivity index (χ0) is 21.1. The Labute approximate surface area is 182 Å². The molecule has 7 nitrogen and oxygen atoms in total. The number of nitrogens with zero attached hydrogens (tertiary/aromatic N) is 4. The highest BCUT2D eigenvalue weighted by atomic mass is 35.5. The molecule has 1 aliphatic heterocycles. The summed E-state index contributed by atoms with van der Waals surface area (Å²) in [7, 11) is 0. The van der Waals surface area contributed by atoms with Crippen LogP contribution in [0.4, 0.5) is 11.5 Å². The maximum Gasteiger partial charge on any atom is 0.273 e. The van der Waals surface area contributed by atoms with Gasteiger partial charge in [0.05, 0.1) is 28.5 Å². The van der Waals surface area contributed by atoms with Crippen molar-refractivity contribution >= 4 is 52.2 Å². The van der Waals surface area contributed by atoms with Crippen molar-refractivity contribution < 1.29 is 9.59 Å². The summed E-state index contributed by atoms with van der Waals surface area (Å²) in [5.74, 6) is -0.0531. The molecule has 152 valence electrons. The van der Waals surface area contributed by atoms with E-state index in [1.165, 1.54) is 5.01 Å². The first-order chi connectivity index (χ1) is 14.5. The molecule has 2 amide bonds. The zero-order valence-corrected chi connectivity index (χ0v) is 17.3. The SMILES string of the molecule is O=C(Nc1ccnn1Cc1cccc(Cl)c1Cl)C1=NN(c2ccccc2)C(=O)CC1. The van der Waals surface area contributed by atoms with Gasteiger partial charge in [0.2, 0.25) is 5.91 Å². The van der Waals surface area contributed by atoms with Crippen LogP contribution in [0.25, 0.3) is 0 Å². The number of hydrazone groups is 1. The molecular weight excluding hydrogens is 425 g/mol. The summed E-state index contributed by atoms with van der Waals surface area (Å²) >= 11 is 12.3. The molecule has 4 rings (SSSR count). The van der Waals surface area contributed by atoms with E-state index in [0.717, 1.165) is 5.56 Å². The summed E-state index contributed by atoms with van der Waals surface area (Å²) in [6.07, 6.45) is 2.05. The van der Waals surface area contributed by atoms with Crippen molar-refractivity contribution in [3.8, 4) is 0 Å². The van der Waals surface area contributed by atoms with Crippen LogP contribution in [0.5, 0.6) is 0 Å². The summed E-state index contributed by atoms with van der Waals surface area (Å²) in [6.45, 7) is 0.336. The van der Waals surface area contributed by atoms with Crippen molar-refractivity contribution in [1.29, 1.82) is 0 Å². The Morgan fingerprint density at radius 3 is 2.63 bits per heavy atom. The van der Waals surface area contributed by atoms with Crippen LogP contribution in [0.1, 0.15) is 18.4 Å². The lowest BCUT2D eigenvalue weighted by Gasteiger charge is -2.23. The summed E-state index contributed by atoms with van der Waals surface area (Å²) in [5.41, 5.74) is 1.67. The van der Waals surface area contributed by atoms with E-state index < -0.39 is 0 Å². The van der Waals surface area contributed by atoms with Crippen LogP contribution in [0.15, 0.2) is 65.9 Å². The summed E-state index contributed by atoms with van der Waals surface area (Å²) < 4.78 is 1.61. The Morgan fingerprint density at radius 1 is 1.03 bits per heavy atom. The Bertz CT molecular complexity index is 1130. The quantitative estimate of drug-likeness (QED) is 0.638. The van der Waals surface area contributed by atoms with Gasteiger partial charge in [-0.05, 0) is 23.8 Å². The largest absolute Gasteiger partial charge is 0.306 e. The van der Waals surface area contributed by atoms with E-state index in [0.29, 0.717) is 28.1 Å². The van der Waals surface area contributed by atoms with E-state index in [4.69, 9.17) is 23.2 Å². The van der Waals surface area contributed by atoms with Crippen molar-refractivity contribution in [2.24, 2.45) is 5.10 Å². The number of hydrogen-bond donors (Lipinski definition) is 1. The third-order valence-electron chi connectivity index (χ3n) is 4.61. The van der Waals surface area contributed by atoms with Crippen molar-refractivity contribution in [1.82, 2.24) is 9.78 Å². The molecule has 1 aliphatic rings. The average molecular weight is 442 g/mol. The van der Waals surface area contributed by atoms with E-state index in [1.807, 2.05) is 24.3 Å². The number of para-hydroxylation sites is 1. The molecule has 0 unspecified atom stereocenters. The van der Waals surface area contributed by atoms with Crippen molar-refractivity contribution in [3.05, 3.63) is 76.4 Å². The molecule has 0 aliphatic carbocycles. The predicted molar refractivity (Wildman–Crippen MR) is 117 cm³/mol. The molecule has 0 atom stereocenters. The molecule has 0 saturated carbocycles. The van der Waals surface area contributed by atoms with Gasteiger partial charge in [0, 0.05) is 18.9 Å². The first-order valence-electron chi connectivity index (χ1n) is 9.24. The number of aromatic nitrogens is 2. The minimum atomic E-state index is -0.387. The van der Waals surface area contributed by atoms with Gasteiger partial charge in [-0.1, -0.05) is 53.5 Å². The number of nitrogens with one attached hydrogen (secondary N) is 1. The second kappa shape index (κ2) is 8.69. The number of halogens is 2. The van der Waals surface area contributed by atoms with Gasteiger partial charge in [-0.2, -0.15) is 10.2 Å². The number of carbonyl (C=O) groups excluding carboxylic acids is 2. The highest BCUT2D eigenvalue weighted by molar-refractivity contribution is 6.44. The Balaban J connectivity index is 1.53. The number of amides is 2. The number of rotatable bonds is 5. The molecule has 3 aromatic rings. The van der Waals surface area contributed by atoms with Gasteiger partial charge in [-0.15, -0.1) is 0 Å². The average Bonchev–Trinajstić information content (AvgIpc) is 3.19. The lowest BCUT2D eigenvalue weighted by molar-refractivity contribution is -0.118. The highest BCUT2D eigenvalue weighted by Gasteiger charge is 2.26. The lowest BCUT2D eigenvalue weighted by atomic mass is 10.1. The zero-order valence-electron chi connectivity index (χ0n) is 15.8. The fourth-order valence-electron chi connectivity index (χ4n) is 3.07. The molecule has 1 N–H and O–H groups in total. The predicted octanol–water partition coefficient (Wildman–Crippen LogP) is 4.36. The number of benzene rings is 2. The fourth-order valence-corrected chi connectivity index (χ4v) is 3.45. The minimum absolute atomic E-state index is 0.154. The van der Waals surface area contributed by atoms with Crippen LogP contribution in [0.2, 0.25) is 10.0 Å². The number of carbonyl (C=O) groups is 2. The van der Waals surface area contributed by atoms with E-state index in [-0.39, 0.29) is 30.4 Å². The van der Waals surface area contributed by atoms with Gasteiger partial charge in [-0.25, -0.2) is 9.69 Å². The molecule has 30 heavy (non-hydrogen) atoms. The Hall–Kier alpha value is -3.16. The summed E-state index contributed by atoms with van der Waals surface area (Å²) in [5, 5.41) is 13.5. The summed E-state index contributed by atoms with van der Waals surface area (Å²) in [6, 6.07) is 16.0. The van der Waals surface area contributed by atoms with Crippen LogP contribution >= 0.6 is 23.2 Å². The topological polar surface area (TPSA) is 79.6 Å². The standard InChI is InChI=1S/C21H17Cl2N5O2/c22-16-8-4-5-14(20(16)23)13-27-18(11-12-24-27)25-21(30)17-9-10-19(29)28(26-17)15-6-2-1-3-7-15/h1-8,11-12H,9-10,13H2,(H,25,30). The first kappa shape index (κ1) is 20.1. The van der Waals surface area contributed by atoms with E-state index >= 15 is 0 Å². The first-order valence-corrected chi connectivity index (χ1v) is 10.00. The molecule has 0 saturated heterocycles. The summed E-state index contributed by atoms with van der Waals surface area (Å²) in [4.78, 5) is 25.1. The van der Waals surface area contributed by atoms with Gasteiger partial charge in [0.1, 0.15) is 11.5 Å². The van der Waals surface area contributed by atoms with Crippen LogP contribution in [-0.2, 0) is 16.1 Å². The minimum Gasteiger partial charge on any atom is -0.306 e. The molecular formula is C21H17Cl2N5O2. The van der Waals surface area contributed by atoms with Crippen LogP contribution in [-0.4, -0.2) is 27.3 Å². The molecule has 0 bridgehead atoms. The fraction of sp³-hybridized carbons (Fsp3) is 0.143. The molecule has 0 fully saturated rings. The van der Waals surface area contributed by atoms with E-state index in [9.17, 15) is 9.59 Å². The molecule has 9 heteroatoms. The maximum absolute atomic E-state index is 12.8. The van der Waals surface area contributed by atoms with Gasteiger partial charge < -0.3 is 5.32 Å². The third-order valence-corrected chi connectivity index (χ3v) is 5.46. The lowest BCUT2D eigenvalue weighted by Crippen LogP contribution is -2.36. The Kier molecular flexibility index (Phi) is 5.83. The van der Waals surface area contributed by atoms with Gasteiger partial charge in [-0.3, -0.25) is 9.59 Å². The maximum atomic E-state index is 12.8. The van der Waals surface area contributed by atoms with Crippen molar-refractivity contribution in [2.75, 3.05) is 10.3 Å². The van der Waals surface area contributed by atoms with Crippen molar-refractivity contribution in [3.63, 3.8) is 0 Å². The highest BCUT2D eigenvalue weighted by Crippen LogP contribution is 2.27. The van der Waals surface area contributed by atoms with E-state index in [1.54, 1.807) is 41.2 Å². The number of hydrogen-bond acceptors (Lipinski definition) is 4. The van der Waals surface area contributed by atoms with Crippen LogP contribution in [0, 0.1) is 0 Å². The smallest absolute Gasteiger partial charge is 0.273 e. The van der Waals surface area contributed by atoms with E-state index in [2.05, 4.69) is 15.5 Å². The van der Waals surface area contributed by atoms with Gasteiger partial charge in [0.15, 0.2) is 0 Å². The van der Waals surface area contributed by atoms with Gasteiger partial charge >= 0.3 is 0 Å². The molecule has 1 aromatic heterocycles. The third kappa shape index (κ3) is 4.22. The molecule has 2 heterocycles. The molecule has 2 aromatic carbocycles. The monoisotopic (exact) mass is 441 g/mol. The van der Waals surface area contributed by atoms with Crippen LogP contribution < -0.4 is 10.3 Å². The number of anilines is 2. The second-order valence-electron chi connectivity index (χ2n) is 6.63. The molecule has 0 spiro atoms. The van der Waals surface area contributed by atoms with Gasteiger partial charge in [0.25, 0.3) is 5.91 Å². The normalized spacial score (nSPS) is 13.9.